The number of carbonyl (C=O) groups is 1. The molecule has 128 valence electrons. The monoisotopic (exact) mass is 312 g/mol. The molecule has 1 N–H and O–H groups in total. The Labute approximate surface area is 134 Å². The summed E-state index contributed by atoms with van der Waals surface area (Å²) in [6.07, 6.45) is 5.38. The van der Waals surface area contributed by atoms with Crippen molar-refractivity contribution in [2.45, 2.75) is 64.5 Å². The molecule has 22 heavy (non-hydrogen) atoms. The lowest BCUT2D eigenvalue weighted by atomic mass is 9.99. The summed E-state index contributed by atoms with van der Waals surface area (Å²) in [7, 11) is 0. The van der Waals surface area contributed by atoms with Crippen molar-refractivity contribution in [3.8, 4) is 0 Å². The summed E-state index contributed by atoms with van der Waals surface area (Å²) < 4.78 is 10.9. The van der Waals surface area contributed by atoms with Crippen molar-refractivity contribution in [3.63, 3.8) is 0 Å². The largest absolute Gasteiger partial charge is 0.444 e. The van der Waals surface area contributed by atoms with E-state index in [4.69, 9.17) is 9.47 Å². The molecule has 2 aliphatic heterocycles. The summed E-state index contributed by atoms with van der Waals surface area (Å²) >= 11 is 0. The molecule has 2 rings (SSSR count). The predicted octanol–water partition coefficient (Wildman–Crippen LogP) is 2.79. The molecule has 2 fully saturated rings. The highest BCUT2D eigenvalue weighted by Gasteiger charge is 2.25. The molecule has 0 aromatic carbocycles. The topological polar surface area (TPSA) is 50.8 Å². The highest BCUT2D eigenvalue weighted by atomic mass is 16.6. The van der Waals surface area contributed by atoms with Crippen molar-refractivity contribution < 1.29 is 14.3 Å². The SMILES string of the molecule is CC(C)(C)OC(=O)N1CCCC(NCC2CCOCC2)CC1. The number of rotatable bonds is 3. The zero-order valence-electron chi connectivity index (χ0n) is 14.4. The van der Waals surface area contributed by atoms with Crippen molar-refractivity contribution in [2.75, 3.05) is 32.8 Å². The molecule has 2 saturated heterocycles. The second-order valence-electron chi connectivity index (χ2n) is 7.56. The Morgan fingerprint density at radius 2 is 1.91 bits per heavy atom. The number of nitrogens with one attached hydrogen (secondary N) is 1. The number of ether oxygens (including phenoxy) is 2. The molecular weight excluding hydrogens is 280 g/mol. The normalized spacial score (nSPS) is 24.9. The molecular formula is C17H32N2O3. The predicted molar refractivity (Wildman–Crippen MR) is 87.0 cm³/mol. The fraction of sp³-hybridized carbons (Fsp3) is 0.941. The lowest BCUT2D eigenvalue weighted by molar-refractivity contribution is 0.0255. The van der Waals surface area contributed by atoms with Crippen LogP contribution in [0.15, 0.2) is 0 Å². The van der Waals surface area contributed by atoms with E-state index in [1.54, 1.807) is 0 Å². The van der Waals surface area contributed by atoms with Gasteiger partial charge in [0.1, 0.15) is 5.60 Å². The van der Waals surface area contributed by atoms with E-state index in [0.717, 1.165) is 58.0 Å². The highest BCUT2D eigenvalue weighted by Crippen LogP contribution is 2.17. The average Bonchev–Trinajstić information content (AvgIpc) is 2.70. The van der Waals surface area contributed by atoms with Crippen LogP contribution < -0.4 is 5.32 Å². The third kappa shape index (κ3) is 6.13. The Balaban J connectivity index is 1.71. The van der Waals surface area contributed by atoms with Crippen LogP contribution in [0.3, 0.4) is 0 Å². The maximum Gasteiger partial charge on any atom is 0.410 e. The van der Waals surface area contributed by atoms with Crippen LogP contribution >= 0.6 is 0 Å². The van der Waals surface area contributed by atoms with Crippen LogP contribution in [0.25, 0.3) is 0 Å². The fourth-order valence-corrected chi connectivity index (χ4v) is 3.09. The Morgan fingerprint density at radius 1 is 1.18 bits per heavy atom. The Kier molecular flexibility index (Phi) is 6.50. The maximum absolute atomic E-state index is 12.1. The molecule has 0 bridgehead atoms. The first-order valence-electron chi connectivity index (χ1n) is 8.73. The number of likely N-dealkylation sites (tertiary alicyclic amines) is 1. The summed E-state index contributed by atoms with van der Waals surface area (Å²) in [4.78, 5) is 14.0. The van der Waals surface area contributed by atoms with Gasteiger partial charge < -0.3 is 19.7 Å². The molecule has 0 aromatic heterocycles. The molecule has 0 radical (unpaired) electrons. The molecule has 5 nitrogen and oxygen atoms in total. The summed E-state index contributed by atoms with van der Waals surface area (Å²) in [6.45, 7) is 10.3. The van der Waals surface area contributed by atoms with E-state index in [0.29, 0.717) is 6.04 Å². The Hall–Kier alpha value is -0.810. The lowest BCUT2D eigenvalue weighted by Gasteiger charge is -2.27. The molecule has 5 heteroatoms. The second kappa shape index (κ2) is 8.16. The van der Waals surface area contributed by atoms with Gasteiger partial charge in [0.2, 0.25) is 0 Å². The molecule has 0 spiro atoms. The third-order valence-corrected chi connectivity index (χ3v) is 4.42. The van der Waals surface area contributed by atoms with Gasteiger partial charge in [-0.1, -0.05) is 0 Å². The molecule has 0 saturated carbocycles. The van der Waals surface area contributed by atoms with Gasteiger partial charge in [-0.2, -0.15) is 0 Å². The van der Waals surface area contributed by atoms with Gasteiger partial charge in [-0.25, -0.2) is 4.79 Å². The van der Waals surface area contributed by atoms with Gasteiger partial charge in [-0.05, 0) is 65.3 Å². The van der Waals surface area contributed by atoms with Crippen LogP contribution in [0, 0.1) is 5.92 Å². The quantitative estimate of drug-likeness (QED) is 0.870. The van der Waals surface area contributed by atoms with Crippen molar-refractivity contribution in [1.29, 1.82) is 0 Å². The van der Waals surface area contributed by atoms with Gasteiger partial charge >= 0.3 is 6.09 Å². The summed E-state index contributed by atoms with van der Waals surface area (Å²) in [5.41, 5.74) is -0.413. The first-order chi connectivity index (χ1) is 10.4. The van der Waals surface area contributed by atoms with Gasteiger partial charge in [0, 0.05) is 32.3 Å². The van der Waals surface area contributed by atoms with Crippen LogP contribution in [0.2, 0.25) is 0 Å². The minimum atomic E-state index is -0.413. The van der Waals surface area contributed by atoms with Crippen LogP contribution in [-0.4, -0.2) is 55.5 Å². The van der Waals surface area contributed by atoms with Crippen molar-refractivity contribution in [1.82, 2.24) is 10.2 Å². The average molecular weight is 312 g/mol. The fourth-order valence-electron chi connectivity index (χ4n) is 3.09. The molecule has 1 unspecified atom stereocenters. The lowest BCUT2D eigenvalue weighted by Crippen LogP contribution is -2.39. The molecule has 2 heterocycles. The van der Waals surface area contributed by atoms with Gasteiger partial charge in [0.15, 0.2) is 0 Å². The minimum absolute atomic E-state index is 0.169. The first-order valence-corrected chi connectivity index (χ1v) is 8.73. The number of hydrogen-bond donors (Lipinski definition) is 1. The smallest absolute Gasteiger partial charge is 0.410 e. The Morgan fingerprint density at radius 3 is 2.59 bits per heavy atom. The summed E-state index contributed by atoms with van der Waals surface area (Å²) in [5.74, 6) is 0.749. The summed E-state index contributed by atoms with van der Waals surface area (Å²) in [6, 6.07) is 0.523. The number of carbonyl (C=O) groups excluding carboxylic acids is 1. The molecule has 1 atom stereocenters. The molecule has 0 aliphatic carbocycles. The van der Waals surface area contributed by atoms with Crippen LogP contribution in [0.5, 0.6) is 0 Å². The van der Waals surface area contributed by atoms with E-state index in [-0.39, 0.29) is 6.09 Å². The highest BCUT2D eigenvalue weighted by molar-refractivity contribution is 5.68. The van der Waals surface area contributed by atoms with E-state index in [9.17, 15) is 4.79 Å². The second-order valence-corrected chi connectivity index (χ2v) is 7.56. The van der Waals surface area contributed by atoms with Crippen LogP contribution in [0.4, 0.5) is 4.79 Å². The standard InChI is InChI=1S/C17H32N2O3/c1-17(2,3)22-16(20)19-9-4-5-15(6-10-19)18-13-14-7-11-21-12-8-14/h14-15,18H,4-13H2,1-3H3. The first kappa shape index (κ1) is 17.5. The van der Waals surface area contributed by atoms with E-state index in [2.05, 4.69) is 5.32 Å². The number of nitrogens with zero attached hydrogens (tertiary/aromatic N) is 1. The zero-order chi connectivity index (χ0) is 16.0. The van der Waals surface area contributed by atoms with Gasteiger partial charge in [0.25, 0.3) is 0 Å². The summed E-state index contributed by atoms with van der Waals surface area (Å²) in [5, 5.41) is 3.70. The van der Waals surface area contributed by atoms with E-state index in [1.165, 1.54) is 12.8 Å². The molecule has 1 amide bonds. The van der Waals surface area contributed by atoms with Gasteiger partial charge in [-0.15, -0.1) is 0 Å². The minimum Gasteiger partial charge on any atom is -0.444 e. The van der Waals surface area contributed by atoms with E-state index < -0.39 is 5.60 Å². The van der Waals surface area contributed by atoms with Crippen molar-refractivity contribution in [2.24, 2.45) is 5.92 Å². The molecule has 2 aliphatic rings. The number of hydrogen-bond acceptors (Lipinski definition) is 4. The third-order valence-electron chi connectivity index (χ3n) is 4.42. The van der Waals surface area contributed by atoms with Gasteiger partial charge in [-0.3, -0.25) is 0 Å². The van der Waals surface area contributed by atoms with Crippen LogP contribution in [0.1, 0.15) is 52.9 Å². The van der Waals surface area contributed by atoms with Crippen molar-refractivity contribution in [3.05, 3.63) is 0 Å². The van der Waals surface area contributed by atoms with Gasteiger partial charge in [0.05, 0.1) is 0 Å². The number of amides is 1. The van der Waals surface area contributed by atoms with E-state index in [1.807, 2.05) is 25.7 Å². The maximum atomic E-state index is 12.1. The van der Waals surface area contributed by atoms with Crippen LogP contribution in [-0.2, 0) is 9.47 Å². The Bertz CT molecular complexity index is 348. The van der Waals surface area contributed by atoms with E-state index >= 15 is 0 Å². The molecule has 0 aromatic rings. The zero-order valence-corrected chi connectivity index (χ0v) is 14.4. The van der Waals surface area contributed by atoms with Crippen molar-refractivity contribution >= 4 is 6.09 Å².